The van der Waals surface area contributed by atoms with Gasteiger partial charge in [0.2, 0.25) is 5.91 Å². The molecule has 1 saturated carbocycles. The van der Waals surface area contributed by atoms with Crippen LogP contribution in [0, 0.1) is 11.8 Å². The summed E-state index contributed by atoms with van der Waals surface area (Å²) in [6.45, 7) is 3.32. The van der Waals surface area contributed by atoms with Gasteiger partial charge in [-0.3, -0.25) is 4.79 Å². The van der Waals surface area contributed by atoms with Crippen molar-refractivity contribution >= 4 is 11.9 Å². The van der Waals surface area contributed by atoms with Crippen LogP contribution >= 0.6 is 0 Å². The SMILES string of the molecule is C[C@@H]1C[C@H]1C(=O)N[C@](C)(COc1ccccc1)C(=O)O. The fourth-order valence-electron chi connectivity index (χ4n) is 1.95. The van der Waals surface area contributed by atoms with Crippen molar-refractivity contribution in [2.24, 2.45) is 11.8 Å². The highest BCUT2D eigenvalue weighted by Gasteiger charge is 2.44. The summed E-state index contributed by atoms with van der Waals surface area (Å²) in [6, 6.07) is 8.94. The molecule has 0 aromatic heterocycles. The Balaban J connectivity index is 1.98. The molecule has 1 aromatic carbocycles. The Bertz CT molecular complexity index is 502. The van der Waals surface area contributed by atoms with Gasteiger partial charge in [0.15, 0.2) is 5.54 Å². The standard InChI is InChI=1S/C15H19NO4/c1-10-8-12(10)13(17)16-15(2,14(18)19)9-20-11-6-4-3-5-7-11/h3-7,10,12H,8-9H2,1-2H3,(H,16,17)(H,18,19)/t10-,12-,15-/m1/s1. The zero-order valence-corrected chi connectivity index (χ0v) is 11.6. The molecule has 1 amide bonds. The average Bonchev–Trinajstić information content (AvgIpc) is 3.15. The minimum absolute atomic E-state index is 0.0644. The van der Waals surface area contributed by atoms with Crippen molar-refractivity contribution in [2.45, 2.75) is 25.8 Å². The lowest BCUT2D eigenvalue weighted by Crippen LogP contribution is -2.56. The van der Waals surface area contributed by atoms with Gasteiger partial charge >= 0.3 is 5.97 Å². The summed E-state index contributed by atoms with van der Waals surface area (Å²) in [4.78, 5) is 23.3. The highest BCUT2D eigenvalue weighted by atomic mass is 16.5. The minimum Gasteiger partial charge on any atom is -0.491 e. The van der Waals surface area contributed by atoms with Crippen LogP contribution in [0.3, 0.4) is 0 Å². The second-order valence-electron chi connectivity index (χ2n) is 5.55. The summed E-state index contributed by atoms with van der Waals surface area (Å²) in [5, 5.41) is 11.9. The third-order valence-electron chi connectivity index (χ3n) is 3.59. The Hall–Kier alpha value is -2.04. The second-order valence-corrected chi connectivity index (χ2v) is 5.55. The van der Waals surface area contributed by atoms with Crippen LogP contribution < -0.4 is 10.1 Å². The lowest BCUT2D eigenvalue weighted by molar-refractivity contribution is -0.148. The summed E-state index contributed by atoms with van der Waals surface area (Å²) >= 11 is 0. The van der Waals surface area contributed by atoms with Crippen molar-refractivity contribution in [3.8, 4) is 5.75 Å². The normalized spacial score (nSPS) is 23.5. The number of benzene rings is 1. The maximum atomic E-state index is 11.9. The fraction of sp³-hybridized carbons (Fsp3) is 0.467. The number of para-hydroxylation sites is 1. The van der Waals surface area contributed by atoms with Gasteiger partial charge < -0.3 is 15.2 Å². The Morgan fingerprint density at radius 3 is 2.50 bits per heavy atom. The van der Waals surface area contributed by atoms with Crippen molar-refractivity contribution in [1.29, 1.82) is 0 Å². The van der Waals surface area contributed by atoms with Gasteiger partial charge in [0, 0.05) is 5.92 Å². The van der Waals surface area contributed by atoms with E-state index in [1.165, 1.54) is 6.92 Å². The Kier molecular flexibility index (Phi) is 3.97. The first-order chi connectivity index (χ1) is 9.42. The smallest absolute Gasteiger partial charge is 0.332 e. The number of rotatable bonds is 6. The van der Waals surface area contributed by atoms with E-state index in [0.717, 1.165) is 6.42 Å². The highest BCUT2D eigenvalue weighted by molar-refractivity contribution is 5.89. The number of carboxylic acids is 1. The molecule has 108 valence electrons. The number of nitrogens with one attached hydrogen (secondary N) is 1. The number of ether oxygens (including phenoxy) is 1. The lowest BCUT2D eigenvalue weighted by Gasteiger charge is -2.26. The molecule has 1 fully saturated rings. The van der Waals surface area contributed by atoms with E-state index in [9.17, 15) is 14.7 Å². The van der Waals surface area contributed by atoms with Crippen LogP contribution in [-0.4, -0.2) is 29.1 Å². The van der Waals surface area contributed by atoms with E-state index in [0.29, 0.717) is 11.7 Å². The average molecular weight is 277 g/mol. The summed E-state index contributed by atoms with van der Waals surface area (Å²) in [7, 11) is 0. The van der Waals surface area contributed by atoms with Crippen molar-refractivity contribution in [3.05, 3.63) is 30.3 Å². The maximum Gasteiger partial charge on any atom is 0.332 e. The van der Waals surface area contributed by atoms with Crippen LogP contribution in [0.4, 0.5) is 0 Å². The van der Waals surface area contributed by atoms with Crippen LogP contribution in [0.1, 0.15) is 20.3 Å². The van der Waals surface area contributed by atoms with Crippen LogP contribution in [0.25, 0.3) is 0 Å². The van der Waals surface area contributed by atoms with Crippen molar-refractivity contribution in [1.82, 2.24) is 5.32 Å². The highest BCUT2D eigenvalue weighted by Crippen LogP contribution is 2.38. The topological polar surface area (TPSA) is 75.6 Å². The molecule has 1 aliphatic carbocycles. The summed E-state index contributed by atoms with van der Waals surface area (Å²) in [5.74, 6) is -0.461. The van der Waals surface area contributed by atoms with E-state index in [1.807, 2.05) is 13.0 Å². The van der Waals surface area contributed by atoms with Crippen LogP contribution in [0.2, 0.25) is 0 Å². The molecule has 0 aliphatic heterocycles. The number of amides is 1. The monoisotopic (exact) mass is 277 g/mol. The van der Waals surface area contributed by atoms with Gasteiger partial charge in [0.05, 0.1) is 0 Å². The van der Waals surface area contributed by atoms with Gasteiger partial charge in [-0.25, -0.2) is 4.79 Å². The van der Waals surface area contributed by atoms with Crippen LogP contribution in [0.15, 0.2) is 30.3 Å². The molecule has 0 bridgehead atoms. The molecular weight excluding hydrogens is 258 g/mol. The second kappa shape index (κ2) is 5.53. The largest absolute Gasteiger partial charge is 0.491 e. The molecule has 0 saturated heterocycles. The lowest BCUT2D eigenvalue weighted by atomic mass is 10.0. The number of carbonyl (C=O) groups is 2. The van der Waals surface area contributed by atoms with Gasteiger partial charge in [-0.2, -0.15) is 0 Å². The molecule has 5 nitrogen and oxygen atoms in total. The third-order valence-corrected chi connectivity index (χ3v) is 3.59. The molecule has 5 heteroatoms. The Morgan fingerprint density at radius 1 is 1.40 bits per heavy atom. The number of carboxylic acid groups (broad SMARTS) is 1. The van der Waals surface area contributed by atoms with Crippen molar-refractivity contribution in [2.75, 3.05) is 6.61 Å². The van der Waals surface area contributed by atoms with E-state index in [4.69, 9.17) is 4.74 Å². The number of carbonyl (C=O) groups excluding carboxylic acids is 1. The molecule has 1 aromatic rings. The first kappa shape index (κ1) is 14.4. The fourth-order valence-corrected chi connectivity index (χ4v) is 1.95. The molecule has 1 aliphatic rings. The van der Waals surface area contributed by atoms with Gasteiger partial charge in [0.1, 0.15) is 12.4 Å². The predicted octanol–water partition coefficient (Wildman–Crippen LogP) is 1.68. The Labute approximate surface area is 117 Å². The summed E-state index contributed by atoms with van der Waals surface area (Å²) in [5.41, 5.74) is -1.42. The van der Waals surface area contributed by atoms with Gasteiger partial charge in [-0.05, 0) is 31.4 Å². The molecule has 2 rings (SSSR count). The van der Waals surface area contributed by atoms with E-state index in [-0.39, 0.29) is 18.4 Å². The molecule has 20 heavy (non-hydrogen) atoms. The van der Waals surface area contributed by atoms with E-state index in [1.54, 1.807) is 24.3 Å². The van der Waals surface area contributed by atoms with Crippen molar-refractivity contribution < 1.29 is 19.4 Å². The molecule has 0 radical (unpaired) electrons. The zero-order valence-electron chi connectivity index (χ0n) is 11.6. The van der Waals surface area contributed by atoms with Gasteiger partial charge in [-0.1, -0.05) is 25.1 Å². The van der Waals surface area contributed by atoms with Crippen molar-refractivity contribution in [3.63, 3.8) is 0 Å². The molecule has 0 spiro atoms. The molecule has 2 N–H and O–H groups in total. The number of hydrogen-bond donors (Lipinski definition) is 2. The maximum absolute atomic E-state index is 11.9. The summed E-state index contributed by atoms with van der Waals surface area (Å²) in [6.07, 6.45) is 0.821. The zero-order chi connectivity index (χ0) is 14.8. The first-order valence-corrected chi connectivity index (χ1v) is 6.65. The van der Waals surface area contributed by atoms with E-state index < -0.39 is 11.5 Å². The van der Waals surface area contributed by atoms with Crippen LogP contribution in [0.5, 0.6) is 5.75 Å². The van der Waals surface area contributed by atoms with E-state index >= 15 is 0 Å². The van der Waals surface area contributed by atoms with Gasteiger partial charge in [0.25, 0.3) is 0 Å². The predicted molar refractivity (Wildman–Crippen MR) is 73.4 cm³/mol. The first-order valence-electron chi connectivity index (χ1n) is 6.65. The van der Waals surface area contributed by atoms with Crippen LogP contribution in [-0.2, 0) is 9.59 Å². The molecule has 3 atom stereocenters. The minimum atomic E-state index is -1.42. The Morgan fingerprint density at radius 2 is 2.00 bits per heavy atom. The molecule has 0 heterocycles. The van der Waals surface area contributed by atoms with Gasteiger partial charge in [-0.15, -0.1) is 0 Å². The summed E-state index contributed by atoms with van der Waals surface area (Å²) < 4.78 is 5.46. The van der Waals surface area contributed by atoms with E-state index in [2.05, 4.69) is 5.32 Å². The third kappa shape index (κ3) is 3.29. The number of aliphatic carboxylic acids is 1. The number of hydrogen-bond acceptors (Lipinski definition) is 3. The molecule has 0 unspecified atom stereocenters. The molecular formula is C15H19NO4. The quantitative estimate of drug-likeness (QED) is 0.829.